The van der Waals surface area contributed by atoms with Gasteiger partial charge in [0.25, 0.3) is 0 Å². The summed E-state index contributed by atoms with van der Waals surface area (Å²) in [5.41, 5.74) is 0. The summed E-state index contributed by atoms with van der Waals surface area (Å²) in [6, 6.07) is 0.555. The molecule has 0 aromatic carbocycles. The van der Waals surface area contributed by atoms with Crippen molar-refractivity contribution < 1.29 is 8.42 Å². The molecule has 2 unspecified atom stereocenters. The smallest absolute Gasteiger partial charge is 0.151 e. The summed E-state index contributed by atoms with van der Waals surface area (Å²) in [7, 11) is -2.77. The average Bonchev–Trinajstić information content (AvgIpc) is 2.41. The van der Waals surface area contributed by atoms with Gasteiger partial charge in [0, 0.05) is 19.1 Å². The van der Waals surface area contributed by atoms with E-state index in [1.165, 1.54) is 12.8 Å². The third kappa shape index (κ3) is 4.23. The zero-order valence-electron chi connectivity index (χ0n) is 10.7. The lowest BCUT2D eigenvalue weighted by Crippen LogP contribution is -2.46. The Morgan fingerprint density at radius 1 is 1.29 bits per heavy atom. The molecule has 5 heteroatoms. The highest BCUT2D eigenvalue weighted by Gasteiger charge is 2.23. The molecule has 0 bridgehead atoms. The molecule has 2 aliphatic heterocycles. The second-order valence-corrected chi connectivity index (χ2v) is 7.89. The minimum Gasteiger partial charge on any atom is -0.313 e. The fraction of sp³-hybridized carbons (Fsp3) is 1.00. The third-order valence-electron chi connectivity index (χ3n) is 3.88. The van der Waals surface area contributed by atoms with Gasteiger partial charge in [-0.2, -0.15) is 0 Å². The first kappa shape index (κ1) is 13.3. The zero-order valence-corrected chi connectivity index (χ0v) is 11.5. The van der Waals surface area contributed by atoms with Crippen LogP contribution in [0.4, 0.5) is 0 Å². The van der Waals surface area contributed by atoms with Gasteiger partial charge in [-0.1, -0.05) is 6.92 Å². The fourth-order valence-corrected chi connectivity index (χ4v) is 4.15. The summed E-state index contributed by atoms with van der Waals surface area (Å²) in [5, 5.41) is 3.55. The maximum Gasteiger partial charge on any atom is 0.151 e. The summed E-state index contributed by atoms with van der Waals surface area (Å²) in [6.07, 6.45) is 3.29. The van der Waals surface area contributed by atoms with Crippen molar-refractivity contribution in [3.8, 4) is 0 Å². The normalized spacial score (nSPS) is 35.4. The third-order valence-corrected chi connectivity index (χ3v) is 5.60. The number of piperidine rings is 1. The van der Waals surface area contributed by atoms with Crippen LogP contribution < -0.4 is 5.32 Å². The predicted molar refractivity (Wildman–Crippen MR) is 69.9 cm³/mol. The number of sulfone groups is 1. The molecule has 1 N–H and O–H groups in total. The molecule has 17 heavy (non-hydrogen) atoms. The monoisotopic (exact) mass is 260 g/mol. The van der Waals surface area contributed by atoms with Crippen LogP contribution in [0, 0.1) is 5.92 Å². The van der Waals surface area contributed by atoms with Gasteiger partial charge in [0.05, 0.1) is 11.5 Å². The van der Waals surface area contributed by atoms with Crippen LogP contribution in [0.2, 0.25) is 0 Å². The number of rotatable bonds is 2. The predicted octanol–water partition coefficient (Wildman–Crippen LogP) is 0.495. The molecule has 0 aromatic rings. The van der Waals surface area contributed by atoms with Crippen LogP contribution in [0.3, 0.4) is 0 Å². The first-order valence-electron chi connectivity index (χ1n) is 6.71. The van der Waals surface area contributed by atoms with Crippen molar-refractivity contribution in [2.75, 3.05) is 37.7 Å². The van der Waals surface area contributed by atoms with Crippen molar-refractivity contribution in [2.45, 2.75) is 32.2 Å². The van der Waals surface area contributed by atoms with Crippen LogP contribution in [0.1, 0.15) is 26.2 Å². The zero-order chi connectivity index (χ0) is 12.3. The maximum absolute atomic E-state index is 11.5. The number of hydrogen-bond donors (Lipinski definition) is 1. The molecule has 0 aliphatic carbocycles. The molecule has 0 radical (unpaired) electrons. The van der Waals surface area contributed by atoms with E-state index in [4.69, 9.17) is 0 Å². The number of hydrogen-bond acceptors (Lipinski definition) is 4. The molecule has 0 amide bonds. The van der Waals surface area contributed by atoms with Crippen LogP contribution in [-0.4, -0.2) is 57.0 Å². The summed E-state index contributed by atoms with van der Waals surface area (Å²) in [6.45, 7) is 6.08. The Balaban J connectivity index is 1.82. The van der Waals surface area contributed by atoms with Gasteiger partial charge in [-0.15, -0.1) is 0 Å². The second-order valence-electron chi connectivity index (χ2n) is 5.59. The molecule has 2 rings (SSSR count). The Bertz CT molecular complexity index is 342. The van der Waals surface area contributed by atoms with E-state index in [2.05, 4.69) is 17.1 Å². The Morgan fingerprint density at radius 2 is 2.12 bits per heavy atom. The molecule has 2 saturated heterocycles. The Kier molecular flexibility index (Phi) is 4.44. The van der Waals surface area contributed by atoms with Crippen molar-refractivity contribution in [3.63, 3.8) is 0 Å². The van der Waals surface area contributed by atoms with E-state index in [-0.39, 0.29) is 0 Å². The van der Waals surface area contributed by atoms with Crippen molar-refractivity contribution in [1.82, 2.24) is 10.2 Å². The van der Waals surface area contributed by atoms with Crippen LogP contribution >= 0.6 is 0 Å². The molecular formula is C12H24N2O2S. The summed E-state index contributed by atoms with van der Waals surface area (Å²) in [4.78, 5) is 2.32. The molecule has 0 aromatic heterocycles. The van der Waals surface area contributed by atoms with E-state index >= 15 is 0 Å². The minimum atomic E-state index is -2.77. The largest absolute Gasteiger partial charge is 0.313 e. The van der Waals surface area contributed by atoms with E-state index in [1.807, 2.05) is 0 Å². The second kappa shape index (κ2) is 5.67. The van der Waals surface area contributed by atoms with E-state index < -0.39 is 9.84 Å². The standard InChI is InChI=1S/C12H24N2O2S/c1-11-3-4-13-12(9-11)10-14-5-2-7-17(15,16)8-6-14/h11-13H,2-10H2,1H3. The van der Waals surface area contributed by atoms with Crippen LogP contribution in [0.5, 0.6) is 0 Å². The first-order chi connectivity index (χ1) is 8.05. The lowest BCUT2D eigenvalue weighted by Gasteiger charge is -2.32. The van der Waals surface area contributed by atoms with Crippen LogP contribution in [0.25, 0.3) is 0 Å². The molecule has 2 aliphatic rings. The average molecular weight is 260 g/mol. The SMILES string of the molecule is CC1CCNC(CN2CCCS(=O)(=O)CC2)C1. The molecule has 0 saturated carbocycles. The molecule has 4 nitrogen and oxygen atoms in total. The summed E-state index contributed by atoms with van der Waals surface area (Å²) < 4.78 is 23.0. The van der Waals surface area contributed by atoms with Gasteiger partial charge < -0.3 is 10.2 Å². The molecule has 2 fully saturated rings. The number of nitrogens with zero attached hydrogens (tertiary/aromatic N) is 1. The Labute approximate surface area is 105 Å². The van der Waals surface area contributed by atoms with Crippen LogP contribution in [0.15, 0.2) is 0 Å². The van der Waals surface area contributed by atoms with Crippen molar-refractivity contribution in [1.29, 1.82) is 0 Å². The van der Waals surface area contributed by atoms with Gasteiger partial charge in [0.15, 0.2) is 9.84 Å². The molecule has 2 atom stereocenters. The van der Waals surface area contributed by atoms with E-state index in [0.29, 0.717) is 17.5 Å². The van der Waals surface area contributed by atoms with Crippen LogP contribution in [-0.2, 0) is 9.84 Å². The Hall–Kier alpha value is -0.130. The Morgan fingerprint density at radius 3 is 2.88 bits per heavy atom. The van der Waals surface area contributed by atoms with Gasteiger partial charge in [0.2, 0.25) is 0 Å². The minimum absolute atomic E-state index is 0.343. The maximum atomic E-state index is 11.5. The lowest BCUT2D eigenvalue weighted by atomic mass is 9.94. The van der Waals surface area contributed by atoms with E-state index in [0.717, 1.165) is 38.5 Å². The highest BCUT2D eigenvalue weighted by Crippen LogP contribution is 2.16. The highest BCUT2D eigenvalue weighted by molar-refractivity contribution is 7.91. The molecular weight excluding hydrogens is 236 g/mol. The van der Waals surface area contributed by atoms with Gasteiger partial charge in [0.1, 0.15) is 0 Å². The highest BCUT2D eigenvalue weighted by atomic mass is 32.2. The summed E-state index contributed by atoms with van der Waals surface area (Å²) >= 11 is 0. The van der Waals surface area contributed by atoms with E-state index in [1.54, 1.807) is 0 Å². The van der Waals surface area contributed by atoms with E-state index in [9.17, 15) is 8.42 Å². The van der Waals surface area contributed by atoms with Crippen molar-refractivity contribution in [3.05, 3.63) is 0 Å². The lowest BCUT2D eigenvalue weighted by molar-refractivity contribution is 0.216. The van der Waals surface area contributed by atoms with Gasteiger partial charge in [-0.25, -0.2) is 8.42 Å². The molecule has 0 spiro atoms. The first-order valence-corrected chi connectivity index (χ1v) is 8.53. The summed E-state index contributed by atoms with van der Waals surface area (Å²) in [5.74, 6) is 1.52. The van der Waals surface area contributed by atoms with Gasteiger partial charge in [-0.3, -0.25) is 0 Å². The topological polar surface area (TPSA) is 49.4 Å². The van der Waals surface area contributed by atoms with Crippen molar-refractivity contribution >= 4 is 9.84 Å². The number of nitrogens with one attached hydrogen (secondary N) is 1. The fourth-order valence-electron chi connectivity index (χ4n) is 2.84. The van der Waals surface area contributed by atoms with Gasteiger partial charge >= 0.3 is 0 Å². The molecule has 100 valence electrons. The van der Waals surface area contributed by atoms with Gasteiger partial charge in [-0.05, 0) is 38.3 Å². The van der Waals surface area contributed by atoms with Crippen molar-refractivity contribution in [2.24, 2.45) is 5.92 Å². The molecule has 2 heterocycles. The quantitative estimate of drug-likeness (QED) is 0.785.